The maximum Gasteiger partial charge on any atom is 0.209 e. The zero-order valence-electron chi connectivity index (χ0n) is 11.5. The van der Waals surface area contributed by atoms with E-state index < -0.39 is 0 Å². The molecule has 0 N–H and O–H groups in total. The summed E-state index contributed by atoms with van der Waals surface area (Å²) in [6.45, 7) is 2.86. The van der Waals surface area contributed by atoms with Crippen molar-refractivity contribution in [3.8, 4) is 5.75 Å². The molecule has 2 heterocycles. The van der Waals surface area contributed by atoms with Gasteiger partial charge in [0.2, 0.25) is 5.13 Å². The van der Waals surface area contributed by atoms with Crippen LogP contribution < -0.4 is 9.64 Å². The Balaban J connectivity index is 1.42. The summed E-state index contributed by atoms with van der Waals surface area (Å²) < 4.78 is 6.67. The van der Waals surface area contributed by atoms with E-state index in [0.717, 1.165) is 39.1 Å². The molecular weight excluding hydrogens is 326 g/mol. The third-order valence-electron chi connectivity index (χ3n) is 3.16. The molecule has 1 aromatic carbocycles. The molecule has 0 aliphatic carbocycles. The molecule has 0 unspecified atom stereocenters. The van der Waals surface area contributed by atoms with Gasteiger partial charge >= 0.3 is 0 Å². The van der Waals surface area contributed by atoms with E-state index in [9.17, 15) is 0 Å². The van der Waals surface area contributed by atoms with Gasteiger partial charge in [0, 0.05) is 23.9 Å². The Hall–Kier alpha value is -0.980. The van der Waals surface area contributed by atoms with Gasteiger partial charge in [-0.05, 0) is 37.1 Å². The summed E-state index contributed by atoms with van der Waals surface area (Å²) in [5, 5.41) is 10.3. The SMILES string of the molecule is Clc1ccc(OCCSc2nnc(N3CCCC3)s2)cc1. The molecular formula is C14H16ClN3OS2. The van der Waals surface area contributed by atoms with E-state index in [-0.39, 0.29) is 0 Å². The van der Waals surface area contributed by atoms with Crippen molar-refractivity contribution < 1.29 is 4.74 Å². The van der Waals surface area contributed by atoms with Gasteiger partial charge in [-0.15, -0.1) is 10.2 Å². The number of hydrogen-bond acceptors (Lipinski definition) is 6. The molecule has 1 aliphatic rings. The second-order valence-electron chi connectivity index (χ2n) is 4.70. The number of ether oxygens (including phenoxy) is 1. The van der Waals surface area contributed by atoms with Crippen LogP contribution in [0.15, 0.2) is 28.6 Å². The van der Waals surface area contributed by atoms with Crippen molar-refractivity contribution >= 4 is 39.8 Å². The van der Waals surface area contributed by atoms with E-state index in [1.54, 1.807) is 23.1 Å². The molecule has 0 atom stereocenters. The Morgan fingerprint density at radius 2 is 1.95 bits per heavy atom. The topological polar surface area (TPSA) is 38.3 Å². The summed E-state index contributed by atoms with van der Waals surface area (Å²) in [5.41, 5.74) is 0. The molecule has 1 fully saturated rings. The monoisotopic (exact) mass is 341 g/mol. The van der Waals surface area contributed by atoms with Gasteiger partial charge in [-0.25, -0.2) is 0 Å². The molecule has 0 spiro atoms. The van der Waals surface area contributed by atoms with Crippen LogP contribution in [-0.2, 0) is 0 Å². The Morgan fingerprint density at radius 3 is 2.71 bits per heavy atom. The first-order chi connectivity index (χ1) is 10.3. The van der Waals surface area contributed by atoms with Crippen LogP contribution in [-0.4, -0.2) is 35.6 Å². The van der Waals surface area contributed by atoms with E-state index >= 15 is 0 Å². The van der Waals surface area contributed by atoms with Crippen LogP contribution in [0, 0.1) is 0 Å². The van der Waals surface area contributed by atoms with Crippen LogP contribution in [0.4, 0.5) is 5.13 Å². The average molecular weight is 342 g/mol. The van der Waals surface area contributed by atoms with Gasteiger partial charge in [-0.1, -0.05) is 34.7 Å². The van der Waals surface area contributed by atoms with Crippen molar-refractivity contribution in [3.05, 3.63) is 29.3 Å². The van der Waals surface area contributed by atoms with Crippen molar-refractivity contribution in [1.82, 2.24) is 10.2 Å². The molecule has 112 valence electrons. The lowest BCUT2D eigenvalue weighted by molar-refractivity contribution is 0.344. The van der Waals surface area contributed by atoms with Gasteiger partial charge in [0.1, 0.15) is 5.75 Å². The van der Waals surface area contributed by atoms with Crippen molar-refractivity contribution in [2.24, 2.45) is 0 Å². The fourth-order valence-corrected chi connectivity index (χ4v) is 4.02. The number of aromatic nitrogens is 2. The number of hydrogen-bond donors (Lipinski definition) is 0. The summed E-state index contributed by atoms with van der Waals surface area (Å²) >= 11 is 9.19. The molecule has 21 heavy (non-hydrogen) atoms. The standard InChI is InChI=1S/C14H16ClN3OS2/c15-11-3-5-12(6-4-11)19-9-10-20-14-17-16-13(21-14)18-7-1-2-8-18/h3-6H,1-2,7-10H2. The summed E-state index contributed by atoms with van der Waals surface area (Å²) in [7, 11) is 0. The van der Waals surface area contributed by atoms with Crippen molar-refractivity contribution in [2.75, 3.05) is 30.3 Å². The third kappa shape index (κ3) is 4.25. The highest BCUT2D eigenvalue weighted by molar-refractivity contribution is 8.01. The van der Waals surface area contributed by atoms with E-state index in [4.69, 9.17) is 16.3 Å². The van der Waals surface area contributed by atoms with Crippen LogP contribution >= 0.6 is 34.7 Å². The Kier molecular flexibility index (Phi) is 5.22. The van der Waals surface area contributed by atoms with Gasteiger partial charge in [0.15, 0.2) is 4.34 Å². The zero-order chi connectivity index (χ0) is 14.5. The van der Waals surface area contributed by atoms with Crippen LogP contribution in [0.2, 0.25) is 5.02 Å². The quantitative estimate of drug-likeness (QED) is 0.587. The number of benzene rings is 1. The summed E-state index contributed by atoms with van der Waals surface area (Å²) in [6, 6.07) is 7.42. The van der Waals surface area contributed by atoms with Gasteiger partial charge in [-0.2, -0.15) is 0 Å². The van der Waals surface area contributed by atoms with Gasteiger partial charge in [0.05, 0.1) is 6.61 Å². The molecule has 7 heteroatoms. The third-order valence-corrected chi connectivity index (χ3v) is 5.50. The number of thioether (sulfide) groups is 1. The minimum Gasteiger partial charge on any atom is -0.493 e. The van der Waals surface area contributed by atoms with Crippen molar-refractivity contribution in [1.29, 1.82) is 0 Å². The van der Waals surface area contributed by atoms with Crippen LogP contribution in [0.3, 0.4) is 0 Å². The van der Waals surface area contributed by atoms with E-state index in [1.807, 2.05) is 24.3 Å². The average Bonchev–Trinajstić information content (AvgIpc) is 3.16. The largest absolute Gasteiger partial charge is 0.493 e. The molecule has 1 saturated heterocycles. The first kappa shape index (κ1) is 14.9. The Labute approximate surface area is 137 Å². The molecule has 0 amide bonds. The highest BCUT2D eigenvalue weighted by atomic mass is 35.5. The van der Waals surface area contributed by atoms with Gasteiger partial charge in [0.25, 0.3) is 0 Å². The maximum absolute atomic E-state index is 5.83. The number of anilines is 1. The lowest BCUT2D eigenvalue weighted by Gasteiger charge is -2.10. The van der Waals surface area contributed by atoms with Gasteiger partial charge in [-0.3, -0.25) is 0 Å². The predicted molar refractivity (Wildman–Crippen MR) is 89.0 cm³/mol. The van der Waals surface area contributed by atoms with Crippen LogP contribution in [0.1, 0.15) is 12.8 Å². The summed E-state index contributed by atoms with van der Waals surface area (Å²) in [5.74, 6) is 1.70. The first-order valence-electron chi connectivity index (χ1n) is 6.91. The number of halogens is 1. The second-order valence-corrected chi connectivity index (χ2v) is 7.43. The smallest absolute Gasteiger partial charge is 0.209 e. The first-order valence-corrected chi connectivity index (χ1v) is 9.09. The van der Waals surface area contributed by atoms with E-state index in [2.05, 4.69) is 15.1 Å². The second kappa shape index (κ2) is 7.33. The molecule has 2 aromatic rings. The molecule has 1 aliphatic heterocycles. The molecule has 0 bridgehead atoms. The van der Waals surface area contributed by atoms with Crippen LogP contribution in [0.25, 0.3) is 0 Å². The minimum atomic E-state index is 0.644. The molecule has 0 saturated carbocycles. The van der Waals surface area contributed by atoms with Crippen molar-refractivity contribution in [2.45, 2.75) is 17.2 Å². The number of nitrogens with zero attached hydrogens (tertiary/aromatic N) is 3. The summed E-state index contributed by atoms with van der Waals surface area (Å²) in [4.78, 5) is 2.31. The zero-order valence-corrected chi connectivity index (χ0v) is 13.9. The van der Waals surface area contributed by atoms with Crippen molar-refractivity contribution in [3.63, 3.8) is 0 Å². The van der Waals surface area contributed by atoms with Gasteiger partial charge < -0.3 is 9.64 Å². The van der Waals surface area contributed by atoms with E-state index in [0.29, 0.717) is 6.61 Å². The fourth-order valence-electron chi connectivity index (χ4n) is 2.12. The Bertz CT molecular complexity index is 570. The predicted octanol–water partition coefficient (Wildman–Crippen LogP) is 3.96. The molecule has 4 nitrogen and oxygen atoms in total. The maximum atomic E-state index is 5.83. The fraction of sp³-hybridized carbons (Fsp3) is 0.429. The molecule has 1 aromatic heterocycles. The number of rotatable bonds is 6. The summed E-state index contributed by atoms with van der Waals surface area (Å²) in [6.07, 6.45) is 2.52. The normalized spacial score (nSPS) is 14.6. The van der Waals surface area contributed by atoms with E-state index in [1.165, 1.54) is 12.8 Å². The highest BCUT2D eigenvalue weighted by Crippen LogP contribution is 2.29. The molecule has 3 rings (SSSR count). The van der Waals surface area contributed by atoms with Crippen LogP contribution in [0.5, 0.6) is 5.75 Å². The molecule has 0 radical (unpaired) electrons. The lowest BCUT2D eigenvalue weighted by Crippen LogP contribution is -2.17. The minimum absolute atomic E-state index is 0.644. The lowest BCUT2D eigenvalue weighted by atomic mass is 10.3. The Morgan fingerprint density at radius 1 is 1.19 bits per heavy atom. The highest BCUT2D eigenvalue weighted by Gasteiger charge is 2.16.